The van der Waals surface area contributed by atoms with Crippen LogP contribution in [0, 0.1) is 0 Å². The number of aryl methyl sites for hydroxylation is 1. The molecule has 1 aliphatic heterocycles. The molecule has 0 spiro atoms. The Morgan fingerprint density at radius 1 is 1.17 bits per heavy atom. The van der Waals surface area contributed by atoms with Crippen molar-refractivity contribution in [2.24, 2.45) is 7.05 Å². The lowest BCUT2D eigenvalue weighted by molar-refractivity contribution is 0.0690. The molecule has 1 aromatic carbocycles. The zero-order chi connectivity index (χ0) is 16.4. The average Bonchev–Trinajstić information content (AvgIpc) is 2.97. The highest BCUT2D eigenvalue weighted by atomic mass is 16.4. The molecule has 5 heteroatoms. The molecule has 0 amide bonds. The van der Waals surface area contributed by atoms with Crippen molar-refractivity contribution in [2.75, 3.05) is 13.1 Å². The largest absolute Gasteiger partial charge is 0.476 e. The third-order valence-electron chi connectivity index (χ3n) is 4.67. The van der Waals surface area contributed by atoms with Crippen LogP contribution in [0.2, 0.25) is 0 Å². The summed E-state index contributed by atoms with van der Waals surface area (Å²) in [5, 5.41) is 13.3. The van der Waals surface area contributed by atoms with E-state index >= 15 is 0 Å². The second-order valence-corrected chi connectivity index (χ2v) is 6.26. The van der Waals surface area contributed by atoms with Gasteiger partial charge in [0.2, 0.25) is 0 Å². The Hall–Kier alpha value is -2.14. The predicted octanol–water partition coefficient (Wildman–Crippen LogP) is 3.33. The fourth-order valence-electron chi connectivity index (χ4n) is 3.32. The number of carbonyl (C=O) groups is 1. The topological polar surface area (TPSA) is 58.4 Å². The van der Waals surface area contributed by atoms with Crippen molar-refractivity contribution in [2.45, 2.75) is 32.2 Å². The van der Waals surface area contributed by atoms with Crippen LogP contribution in [-0.2, 0) is 7.05 Å². The normalized spacial score (nSPS) is 17.1. The zero-order valence-corrected chi connectivity index (χ0v) is 13.7. The molecule has 1 saturated heterocycles. The van der Waals surface area contributed by atoms with E-state index in [9.17, 15) is 9.90 Å². The van der Waals surface area contributed by atoms with Gasteiger partial charge in [-0.2, -0.15) is 5.10 Å². The summed E-state index contributed by atoms with van der Waals surface area (Å²) in [6.07, 6.45) is 5.65. The maximum absolute atomic E-state index is 11.3. The van der Waals surface area contributed by atoms with E-state index in [0.717, 1.165) is 18.7 Å². The third-order valence-corrected chi connectivity index (χ3v) is 4.67. The van der Waals surface area contributed by atoms with Gasteiger partial charge in [0.25, 0.3) is 0 Å². The predicted molar refractivity (Wildman–Crippen MR) is 89.4 cm³/mol. The fourth-order valence-corrected chi connectivity index (χ4v) is 3.32. The van der Waals surface area contributed by atoms with Crippen LogP contribution in [0.3, 0.4) is 0 Å². The van der Waals surface area contributed by atoms with E-state index in [-0.39, 0.29) is 5.69 Å². The lowest BCUT2D eigenvalue weighted by Crippen LogP contribution is -2.32. The molecule has 122 valence electrons. The molecule has 0 saturated carbocycles. The van der Waals surface area contributed by atoms with Crippen molar-refractivity contribution in [3.05, 3.63) is 41.7 Å². The smallest absolute Gasteiger partial charge is 0.357 e. The number of likely N-dealkylation sites (tertiary alicyclic amines) is 1. The van der Waals surface area contributed by atoms with E-state index in [4.69, 9.17) is 0 Å². The molecular weight excluding hydrogens is 290 g/mol. The molecule has 2 heterocycles. The first-order chi connectivity index (χ1) is 11.1. The molecule has 0 aliphatic carbocycles. The summed E-state index contributed by atoms with van der Waals surface area (Å²) in [4.78, 5) is 13.8. The molecule has 1 atom stereocenters. The van der Waals surface area contributed by atoms with Crippen LogP contribution in [0.5, 0.6) is 0 Å². The number of piperidine rings is 1. The number of nitrogens with zero attached hydrogens (tertiary/aromatic N) is 3. The molecular formula is C18H23N3O2. The van der Waals surface area contributed by atoms with Crippen LogP contribution in [0.1, 0.15) is 48.3 Å². The van der Waals surface area contributed by atoms with Crippen LogP contribution < -0.4 is 0 Å². The summed E-state index contributed by atoms with van der Waals surface area (Å²) in [5.41, 5.74) is 2.93. The number of hydrogen-bond acceptors (Lipinski definition) is 3. The van der Waals surface area contributed by atoms with E-state index < -0.39 is 5.97 Å². The maximum atomic E-state index is 11.3. The van der Waals surface area contributed by atoms with Gasteiger partial charge in [0.1, 0.15) is 0 Å². The van der Waals surface area contributed by atoms with Crippen LogP contribution in [0.4, 0.5) is 0 Å². The summed E-state index contributed by atoms with van der Waals surface area (Å²) >= 11 is 0. The molecule has 0 radical (unpaired) electrons. The van der Waals surface area contributed by atoms with Gasteiger partial charge in [0.05, 0.1) is 0 Å². The minimum atomic E-state index is -0.994. The van der Waals surface area contributed by atoms with E-state index in [2.05, 4.69) is 29.1 Å². The molecule has 5 nitrogen and oxygen atoms in total. The first kappa shape index (κ1) is 15.7. The Balaban J connectivity index is 1.83. The minimum Gasteiger partial charge on any atom is -0.476 e. The first-order valence-corrected chi connectivity index (χ1v) is 8.17. The number of benzene rings is 1. The second kappa shape index (κ2) is 6.54. The van der Waals surface area contributed by atoms with Crippen molar-refractivity contribution in [3.8, 4) is 11.1 Å². The minimum absolute atomic E-state index is 0.101. The lowest BCUT2D eigenvalue weighted by atomic mass is 9.99. The molecule has 3 rings (SSSR count). The average molecular weight is 313 g/mol. The van der Waals surface area contributed by atoms with Crippen LogP contribution in [-0.4, -0.2) is 38.8 Å². The van der Waals surface area contributed by atoms with Gasteiger partial charge in [-0.05, 0) is 44.0 Å². The van der Waals surface area contributed by atoms with Crippen molar-refractivity contribution >= 4 is 5.97 Å². The van der Waals surface area contributed by atoms with Gasteiger partial charge >= 0.3 is 5.97 Å². The van der Waals surface area contributed by atoms with Crippen molar-refractivity contribution in [1.82, 2.24) is 14.7 Å². The van der Waals surface area contributed by atoms with Crippen LogP contribution in [0.15, 0.2) is 30.5 Å². The number of rotatable bonds is 4. The molecule has 0 bridgehead atoms. The SMILES string of the molecule is C[C@@H](c1ccc(-c2cn(C)nc2C(=O)O)cc1)N1CCCCC1. The molecule has 1 aromatic heterocycles. The van der Waals surface area contributed by atoms with Crippen molar-refractivity contribution in [3.63, 3.8) is 0 Å². The van der Waals surface area contributed by atoms with Gasteiger partial charge in [-0.1, -0.05) is 30.7 Å². The van der Waals surface area contributed by atoms with Crippen molar-refractivity contribution in [1.29, 1.82) is 0 Å². The van der Waals surface area contributed by atoms with E-state index in [1.807, 2.05) is 12.1 Å². The molecule has 1 N–H and O–H groups in total. The van der Waals surface area contributed by atoms with Gasteiger partial charge in [0, 0.05) is 24.8 Å². The van der Waals surface area contributed by atoms with Gasteiger partial charge in [0.15, 0.2) is 5.69 Å². The summed E-state index contributed by atoms with van der Waals surface area (Å²) in [7, 11) is 1.74. The van der Waals surface area contributed by atoms with E-state index in [1.54, 1.807) is 17.9 Å². The quantitative estimate of drug-likeness (QED) is 0.940. The maximum Gasteiger partial charge on any atom is 0.357 e. The first-order valence-electron chi connectivity index (χ1n) is 8.17. The Bertz CT molecular complexity index is 685. The number of carboxylic acid groups (broad SMARTS) is 1. The monoisotopic (exact) mass is 313 g/mol. The summed E-state index contributed by atoms with van der Waals surface area (Å²) in [5.74, 6) is -0.994. The van der Waals surface area contributed by atoms with Crippen molar-refractivity contribution < 1.29 is 9.90 Å². The van der Waals surface area contributed by atoms with Gasteiger partial charge in [-0.15, -0.1) is 0 Å². The Kier molecular flexibility index (Phi) is 4.48. The number of hydrogen-bond donors (Lipinski definition) is 1. The number of carboxylic acids is 1. The summed E-state index contributed by atoms with van der Waals surface area (Å²) in [6, 6.07) is 8.61. The molecule has 23 heavy (non-hydrogen) atoms. The summed E-state index contributed by atoms with van der Waals surface area (Å²) in [6.45, 7) is 4.57. The van der Waals surface area contributed by atoms with Gasteiger partial charge in [-0.25, -0.2) is 4.79 Å². The fraction of sp³-hybridized carbons (Fsp3) is 0.444. The third kappa shape index (κ3) is 3.29. The Morgan fingerprint density at radius 3 is 2.43 bits per heavy atom. The molecule has 1 fully saturated rings. The van der Waals surface area contributed by atoms with Gasteiger partial charge < -0.3 is 5.11 Å². The summed E-state index contributed by atoms with van der Waals surface area (Å²) < 4.78 is 1.54. The number of aromatic carboxylic acids is 1. The Labute approximate surface area is 136 Å². The highest BCUT2D eigenvalue weighted by Crippen LogP contribution is 2.28. The number of aromatic nitrogens is 2. The molecule has 2 aromatic rings. The van der Waals surface area contributed by atoms with Crippen LogP contribution in [0.25, 0.3) is 11.1 Å². The van der Waals surface area contributed by atoms with Gasteiger partial charge in [-0.3, -0.25) is 9.58 Å². The lowest BCUT2D eigenvalue weighted by Gasteiger charge is -2.32. The standard InChI is InChI=1S/C18H23N3O2/c1-13(21-10-4-3-5-11-21)14-6-8-15(9-7-14)16-12-20(2)19-17(16)18(22)23/h6-9,12-13H,3-5,10-11H2,1-2H3,(H,22,23)/t13-/m0/s1. The highest BCUT2D eigenvalue weighted by Gasteiger charge is 2.19. The van der Waals surface area contributed by atoms with Crippen LogP contribution >= 0.6 is 0 Å². The molecule has 1 aliphatic rings. The second-order valence-electron chi connectivity index (χ2n) is 6.26. The van der Waals surface area contributed by atoms with E-state index in [0.29, 0.717) is 11.6 Å². The Morgan fingerprint density at radius 2 is 1.83 bits per heavy atom. The molecule has 0 unspecified atom stereocenters. The zero-order valence-electron chi connectivity index (χ0n) is 13.7. The highest BCUT2D eigenvalue weighted by molar-refractivity contribution is 5.93. The van der Waals surface area contributed by atoms with E-state index in [1.165, 1.54) is 24.8 Å².